The van der Waals surface area contributed by atoms with Crippen molar-refractivity contribution in [3.63, 3.8) is 0 Å². The molecule has 1 aliphatic carbocycles. The average molecular weight is 295 g/mol. The second-order valence-corrected chi connectivity index (χ2v) is 6.71. The number of amides is 1. The lowest BCUT2D eigenvalue weighted by Gasteiger charge is -2.27. The molecule has 3 nitrogen and oxygen atoms in total. The van der Waals surface area contributed by atoms with E-state index in [0.29, 0.717) is 6.54 Å². The molecule has 0 radical (unpaired) electrons. The number of carbonyl (C=O) groups is 1. The highest BCUT2D eigenvalue weighted by atomic mass is 32.1. The molecule has 0 saturated heterocycles. The smallest absolute Gasteiger partial charge is 0.248 e. The highest BCUT2D eigenvalue weighted by Crippen LogP contribution is 2.25. The summed E-state index contributed by atoms with van der Waals surface area (Å²) in [5.41, 5.74) is 0. The molecule has 0 atom stereocenters. The lowest BCUT2D eigenvalue weighted by Crippen LogP contribution is -2.35. The van der Waals surface area contributed by atoms with Gasteiger partial charge in [0.2, 0.25) is 5.91 Å². The van der Waals surface area contributed by atoms with Gasteiger partial charge >= 0.3 is 0 Å². The fraction of sp³-hybridized carbons (Fsp3) is 0.688. The van der Waals surface area contributed by atoms with Gasteiger partial charge in [-0.1, -0.05) is 13.0 Å². The second kappa shape index (κ2) is 7.79. The third-order valence-corrected chi connectivity index (χ3v) is 4.93. The minimum atomic E-state index is 0.111. The van der Waals surface area contributed by atoms with Crippen LogP contribution in [0.1, 0.15) is 44.4 Å². The minimum Gasteiger partial charge on any atom is -0.368 e. The van der Waals surface area contributed by atoms with Crippen LogP contribution in [-0.2, 0) is 16.1 Å². The molecular formula is C16H25NO2S. The first kappa shape index (κ1) is 15.5. The third-order valence-electron chi connectivity index (χ3n) is 4.07. The Hall–Kier alpha value is -0.870. The third kappa shape index (κ3) is 4.60. The van der Waals surface area contributed by atoms with Crippen LogP contribution in [0.2, 0.25) is 0 Å². The van der Waals surface area contributed by atoms with Crippen molar-refractivity contribution in [1.82, 2.24) is 4.90 Å². The normalized spacial score (nSPS) is 22.7. The number of rotatable bonds is 6. The second-order valence-electron chi connectivity index (χ2n) is 5.68. The number of hydrogen-bond donors (Lipinski definition) is 0. The Kier molecular flexibility index (Phi) is 6.05. The first-order chi connectivity index (χ1) is 9.69. The summed E-state index contributed by atoms with van der Waals surface area (Å²) in [4.78, 5) is 15.3. The van der Waals surface area contributed by atoms with Gasteiger partial charge in [0.1, 0.15) is 6.61 Å². The van der Waals surface area contributed by atoms with Crippen LogP contribution >= 0.6 is 11.3 Å². The van der Waals surface area contributed by atoms with Crippen molar-refractivity contribution in [3.8, 4) is 0 Å². The van der Waals surface area contributed by atoms with Crippen molar-refractivity contribution in [2.24, 2.45) is 5.92 Å². The van der Waals surface area contributed by atoms with E-state index in [-0.39, 0.29) is 18.6 Å². The zero-order valence-corrected chi connectivity index (χ0v) is 13.3. The van der Waals surface area contributed by atoms with Crippen molar-refractivity contribution in [1.29, 1.82) is 0 Å². The van der Waals surface area contributed by atoms with Crippen LogP contribution in [0.4, 0.5) is 0 Å². The Morgan fingerprint density at radius 2 is 2.15 bits per heavy atom. The molecule has 112 valence electrons. The number of carbonyl (C=O) groups excluding carboxylic acids is 1. The molecular weight excluding hydrogens is 270 g/mol. The molecule has 0 bridgehead atoms. The Balaban J connectivity index is 1.74. The van der Waals surface area contributed by atoms with Gasteiger partial charge in [-0.2, -0.15) is 0 Å². The zero-order valence-electron chi connectivity index (χ0n) is 12.5. The van der Waals surface area contributed by atoms with E-state index in [2.05, 4.69) is 13.0 Å². The molecule has 1 aliphatic rings. The van der Waals surface area contributed by atoms with Gasteiger partial charge in [-0.3, -0.25) is 4.79 Å². The lowest BCUT2D eigenvalue weighted by atomic mass is 9.89. The van der Waals surface area contributed by atoms with Crippen LogP contribution in [0.15, 0.2) is 17.5 Å². The standard InChI is InChI=1S/C16H25NO2S/c1-3-17(11-15-5-4-10-20-15)16(18)12-19-14-8-6-13(2)7-9-14/h4-5,10,13-14H,3,6-9,11-12H2,1-2H3. The van der Waals surface area contributed by atoms with Gasteiger partial charge in [0.05, 0.1) is 12.6 Å². The van der Waals surface area contributed by atoms with Crippen LogP contribution in [-0.4, -0.2) is 30.1 Å². The summed E-state index contributed by atoms with van der Waals surface area (Å²) in [6.45, 7) is 5.99. The predicted molar refractivity (Wildman–Crippen MR) is 82.8 cm³/mol. The molecule has 1 aromatic rings. The molecule has 2 rings (SSSR count). The summed E-state index contributed by atoms with van der Waals surface area (Å²) in [6.07, 6.45) is 4.95. The Labute approximate surface area is 125 Å². The van der Waals surface area contributed by atoms with E-state index < -0.39 is 0 Å². The van der Waals surface area contributed by atoms with Gasteiger partial charge in [0.25, 0.3) is 0 Å². The topological polar surface area (TPSA) is 29.5 Å². The lowest BCUT2D eigenvalue weighted by molar-refractivity contribution is -0.139. The van der Waals surface area contributed by atoms with Crippen molar-refractivity contribution in [3.05, 3.63) is 22.4 Å². The molecule has 1 fully saturated rings. The molecule has 4 heteroatoms. The molecule has 0 N–H and O–H groups in total. The number of thiophene rings is 1. The summed E-state index contributed by atoms with van der Waals surface area (Å²) < 4.78 is 5.81. The summed E-state index contributed by atoms with van der Waals surface area (Å²) in [5.74, 6) is 0.927. The van der Waals surface area contributed by atoms with Crippen molar-refractivity contribution in [2.45, 2.75) is 52.2 Å². The first-order valence-electron chi connectivity index (χ1n) is 7.60. The van der Waals surface area contributed by atoms with E-state index >= 15 is 0 Å². The highest BCUT2D eigenvalue weighted by molar-refractivity contribution is 7.09. The number of ether oxygens (including phenoxy) is 1. The molecule has 1 saturated carbocycles. The van der Waals surface area contributed by atoms with Gasteiger partial charge in [0, 0.05) is 11.4 Å². The predicted octanol–water partition coefficient (Wildman–Crippen LogP) is 3.69. The van der Waals surface area contributed by atoms with Crippen molar-refractivity contribution < 1.29 is 9.53 Å². The summed E-state index contributed by atoms with van der Waals surface area (Å²) >= 11 is 1.70. The quantitative estimate of drug-likeness (QED) is 0.801. The maximum Gasteiger partial charge on any atom is 0.248 e. The van der Waals surface area contributed by atoms with Crippen LogP contribution in [0.5, 0.6) is 0 Å². The molecule has 0 unspecified atom stereocenters. The van der Waals surface area contributed by atoms with Gasteiger partial charge in [0.15, 0.2) is 0 Å². The summed E-state index contributed by atoms with van der Waals surface area (Å²) in [6, 6.07) is 4.10. The van der Waals surface area contributed by atoms with Crippen LogP contribution < -0.4 is 0 Å². The van der Waals surface area contributed by atoms with E-state index in [9.17, 15) is 4.79 Å². The summed E-state index contributed by atoms with van der Waals surface area (Å²) in [7, 11) is 0. The van der Waals surface area contributed by atoms with Gasteiger partial charge in [-0.25, -0.2) is 0 Å². The fourth-order valence-corrected chi connectivity index (χ4v) is 3.36. The molecule has 0 spiro atoms. The monoisotopic (exact) mass is 295 g/mol. The van der Waals surface area contributed by atoms with E-state index in [1.807, 2.05) is 23.3 Å². The van der Waals surface area contributed by atoms with Gasteiger partial charge < -0.3 is 9.64 Å². The summed E-state index contributed by atoms with van der Waals surface area (Å²) in [5, 5.41) is 2.05. The zero-order chi connectivity index (χ0) is 14.4. The van der Waals surface area contributed by atoms with Crippen LogP contribution in [0.3, 0.4) is 0 Å². The van der Waals surface area contributed by atoms with Crippen molar-refractivity contribution in [2.75, 3.05) is 13.2 Å². The number of hydrogen-bond acceptors (Lipinski definition) is 3. The van der Waals surface area contributed by atoms with Gasteiger partial charge in [-0.15, -0.1) is 11.3 Å². The fourth-order valence-electron chi connectivity index (χ4n) is 2.64. The highest BCUT2D eigenvalue weighted by Gasteiger charge is 2.21. The Bertz CT molecular complexity index is 397. The molecule has 1 amide bonds. The van der Waals surface area contributed by atoms with Crippen LogP contribution in [0, 0.1) is 5.92 Å². The molecule has 1 heterocycles. The SMILES string of the molecule is CCN(Cc1cccs1)C(=O)COC1CCC(C)CC1. The largest absolute Gasteiger partial charge is 0.368 e. The molecule has 0 aliphatic heterocycles. The minimum absolute atomic E-state index is 0.111. The van der Waals surface area contributed by atoms with Gasteiger partial charge in [-0.05, 0) is 50.0 Å². The number of nitrogens with zero attached hydrogens (tertiary/aromatic N) is 1. The maximum absolute atomic E-state index is 12.2. The molecule has 1 aromatic heterocycles. The maximum atomic E-state index is 12.2. The van der Waals surface area contributed by atoms with E-state index in [0.717, 1.165) is 25.3 Å². The Morgan fingerprint density at radius 1 is 1.40 bits per heavy atom. The van der Waals surface area contributed by atoms with E-state index in [1.54, 1.807) is 11.3 Å². The number of likely N-dealkylation sites (N-methyl/N-ethyl adjacent to an activating group) is 1. The van der Waals surface area contributed by atoms with Crippen LogP contribution in [0.25, 0.3) is 0 Å². The molecule has 0 aromatic carbocycles. The van der Waals surface area contributed by atoms with E-state index in [1.165, 1.54) is 17.7 Å². The molecule has 20 heavy (non-hydrogen) atoms. The average Bonchev–Trinajstić information content (AvgIpc) is 2.97. The van der Waals surface area contributed by atoms with Crippen molar-refractivity contribution >= 4 is 17.2 Å². The Morgan fingerprint density at radius 3 is 2.75 bits per heavy atom. The first-order valence-corrected chi connectivity index (χ1v) is 8.48. The van der Waals surface area contributed by atoms with E-state index in [4.69, 9.17) is 4.74 Å².